The van der Waals surface area contributed by atoms with Gasteiger partial charge < -0.3 is 10.2 Å². The minimum atomic E-state index is 0.106. The Morgan fingerprint density at radius 3 is 2.83 bits per heavy atom. The maximum atomic E-state index is 12.6. The van der Waals surface area contributed by atoms with Crippen molar-refractivity contribution in [2.75, 3.05) is 18.0 Å². The molecule has 0 saturated heterocycles. The fourth-order valence-corrected chi connectivity index (χ4v) is 3.68. The lowest BCUT2D eigenvalue weighted by atomic mass is 10.1. The molecule has 3 nitrogen and oxygen atoms in total. The number of para-hydroxylation sites is 1. The number of benzene rings is 2. The van der Waals surface area contributed by atoms with Crippen LogP contribution < -0.4 is 10.2 Å². The number of rotatable bonds is 5. The first-order valence-electron chi connectivity index (χ1n) is 8.11. The Labute approximate surface area is 152 Å². The molecular weight excluding hydrogens is 343 g/mol. The Kier molecular flexibility index (Phi) is 5.44. The lowest BCUT2D eigenvalue weighted by molar-refractivity contribution is -0.118. The second-order valence-corrected chi connectivity index (χ2v) is 6.95. The number of halogens is 2. The van der Waals surface area contributed by atoms with Crippen LogP contribution in [0.4, 0.5) is 5.69 Å². The number of carbonyl (C=O) groups excluding carboxylic acids is 1. The largest absolute Gasteiger partial charge is 0.308 e. The fourth-order valence-electron chi connectivity index (χ4n) is 3.17. The number of nitrogens with zero attached hydrogens (tertiary/aromatic N) is 1. The summed E-state index contributed by atoms with van der Waals surface area (Å²) in [5, 5.41) is 4.52. The zero-order valence-corrected chi connectivity index (χ0v) is 15.1. The number of hydrogen-bond donors (Lipinski definition) is 1. The summed E-state index contributed by atoms with van der Waals surface area (Å²) in [5.74, 6) is 0.106. The van der Waals surface area contributed by atoms with Gasteiger partial charge >= 0.3 is 0 Å². The summed E-state index contributed by atoms with van der Waals surface area (Å²) in [6.07, 6.45) is 1.68. The highest BCUT2D eigenvalue weighted by Gasteiger charge is 2.29. The Bertz CT molecular complexity index is 748. The molecule has 1 heterocycles. The van der Waals surface area contributed by atoms with E-state index in [1.807, 2.05) is 35.2 Å². The number of amides is 1. The van der Waals surface area contributed by atoms with E-state index < -0.39 is 0 Å². The van der Waals surface area contributed by atoms with Crippen molar-refractivity contribution in [2.24, 2.45) is 0 Å². The molecule has 0 fully saturated rings. The van der Waals surface area contributed by atoms with Gasteiger partial charge in [0.1, 0.15) is 0 Å². The highest BCUT2D eigenvalue weighted by Crippen LogP contribution is 2.31. The Balaban J connectivity index is 1.53. The molecule has 0 spiro atoms. The molecule has 2 aromatic rings. The molecule has 0 aliphatic carbocycles. The molecular formula is C19H20Cl2N2O. The molecule has 126 valence electrons. The van der Waals surface area contributed by atoms with Crippen molar-refractivity contribution < 1.29 is 4.79 Å². The van der Waals surface area contributed by atoms with Gasteiger partial charge in [-0.2, -0.15) is 0 Å². The van der Waals surface area contributed by atoms with E-state index in [-0.39, 0.29) is 11.9 Å². The highest BCUT2D eigenvalue weighted by atomic mass is 35.5. The van der Waals surface area contributed by atoms with Crippen LogP contribution in [0.2, 0.25) is 10.0 Å². The Morgan fingerprint density at radius 1 is 1.25 bits per heavy atom. The van der Waals surface area contributed by atoms with Crippen LogP contribution in [0.1, 0.15) is 18.1 Å². The Morgan fingerprint density at radius 2 is 2.04 bits per heavy atom. The van der Waals surface area contributed by atoms with E-state index in [4.69, 9.17) is 23.2 Å². The molecule has 0 saturated carbocycles. The van der Waals surface area contributed by atoms with Crippen LogP contribution in [0.5, 0.6) is 0 Å². The van der Waals surface area contributed by atoms with E-state index in [0.717, 1.165) is 24.1 Å². The molecule has 1 atom stereocenters. The SMILES string of the molecule is CC1Cc2ccccc2N1C(=O)CNCCc1ccc(Cl)cc1Cl. The third-order valence-electron chi connectivity index (χ3n) is 4.34. The van der Waals surface area contributed by atoms with Crippen LogP contribution in [-0.2, 0) is 17.6 Å². The van der Waals surface area contributed by atoms with Crippen molar-refractivity contribution in [1.29, 1.82) is 0 Å². The summed E-state index contributed by atoms with van der Waals surface area (Å²) in [5.41, 5.74) is 3.31. The van der Waals surface area contributed by atoms with Crippen molar-refractivity contribution in [3.63, 3.8) is 0 Å². The third kappa shape index (κ3) is 3.75. The second kappa shape index (κ2) is 7.56. The third-order valence-corrected chi connectivity index (χ3v) is 4.93. The smallest absolute Gasteiger partial charge is 0.241 e. The van der Waals surface area contributed by atoms with Gasteiger partial charge in [-0.25, -0.2) is 0 Å². The van der Waals surface area contributed by atoms with Gasteiger partial charge in [0, 0.05) is 21.8 Å². The van der Waals surface area contributed by atoms with Gasteiger partial charge in [0.05, 0.1) is 6.54 Å². The van der Waals surface area contributed by atoms with Crippen LogP contribution in [0.25, 0.3) is 0 Å². The second-order valence-electron chi connectivity index (χ2n) is 6.11. The molecule has 24 heavy (non-hydrogen) atoms. The lowest BCUT2D eigenvalue weighted by Gasteiger charge is -2.23. The lowest BCUT2D eigenvalue weighted by Crippen LogP contribution is -2.41. The number of nitrogens with one attached hydrogen (secondary N) is 1. The maximum absolute atomic E-state index is 12.6. The zero-order valence-electron chi connectivity index (χ0n) is 13.6. The van der Waals surface area contributed by atoms with Gasteiger partial charge in [0.15, 0.2) is 0 Å². The molecule has 1 amide bonds. The molecule has 0 bridgehead atoms. The van der Waals surface area contributed by atoms with E-state index in [1.165, 1.54) is 5.56 Å². The first-order chi connectivity index (χ1) is 11.6. The van der Waals surface area contributed by atoms with Gasteiger partial charge in [-0.15, -0.1) is 0 Å². The molecule has 1 aliphatic heterocycles. The predicted octanol–water partition coefficient (Wildman–Crippen LogP) is 4.10. The first-order valence-corrected chi connectivity index (χ1v) is 8.86. The van der Waals surface area contributed by atoms with Gasteiger partial charge in [0.25, 0.3) is 0 Å². The average molecular weight is 363 g/mol. The molecule has 5 heteroatoms. The number of carbonyl (C=O) groups is 1. The van der Waals surface area contributed by atoms with Crippen LogP contribution in [0.3, 0.4) is 0 Å². The molecule has 1 aliphatic rings. The highest BCUT2D eigenvalue weighted by molar-refractivity contribution is 6.35. The predicted molar refractivity (Wildman–Crippen MR) is 100 cm³/mol. The average Bonchev–Trinajstić information content (AvgIpc) is 2.88. The maximum Gasteiger partial charge on any atom is 0.241 e. The van der Waals surface area contributed by atoms with Crippen molar-refractivity contribution in [2.45, 2.75) is 25.8 Å². The summed E-state index contributed by atoms with van der Waals surface area (Å²) in [4.78, 5) is 14.5. The Hall–Kier alpha value is -1.55. The first kappa shape index (κ1) is 17.3. The van der Waals surface area contributed by atoms with E-state index in [1.54, 1.807) is 6.07 Å². The quantitative estimate of drug-likeness (QED) is 0.811. The van der Waals surface area contributed by atoms with Gasteiger partial charge in [0.2, 0.25) is 5.91 Å². The summed E-state index contributed by atoms with van der Waals surface area (Å²) in [6, 6.07) is 13.8. The van der Waals surface area contributed by atoms with Crippen molar-refractivity contribution in [3.8, 4) is 0 Å². The van der Waals surface area contributed by atoms with E-state index in [0.29, 0.717) is 23.1 Å². The van der Waals surface area contributed by atoms with Gasteiger partial charge in [-0.05, 0) is 55.6 Å². The standard InChI is InChI=1S/C19H20Cl2N2O/c1-13-10-15-4-2-3-5-18(15)23(13)19(24)12-22-9-8-14-6-7-16(20)11-17(14)21/h2-7,11,13,22H,8-10,12H2,1H3. The molecule has 0 aromatic heterocycles. The minimum Gasteiger partial charge on any atom is -0.308 e. The van der Waals surface area contributed by atoms with Gasteiger partial charge in [-0.3, -0.25) is 4.79 Å². The molecule has 0 radical (unpaired) electrons. The molecule has 1 unspecified atom stereocenters. The monoisotopic (exact) mass is 362 g/mol. The minimum absolute atomic E-state index is 0.106. The number of fused-ring (bicyclic) bond motifs is 1. The van der Waals surface area contributed by atoms with Crippen LogP contribution in [0.15, 0.2) is 42.5 Å². The van der Waals surface area contributed by atoms with E-state index >= 15 is 0 Å². The van der Waals surface area contributed by atoms with Crippen molar-refractivity contribution in [3.05, 3.63) is 63.6 Å². The topological polar surface area (TPSA) is 32.3 Å². The summed E-state index contributed by atoms with van der Waals surface area (Å²) in [7, 11) is 0. The molecule has 2 aromatic carbocycles. The summed E-state index contributed by atoms with van der Waals surface area (Å²) in [6.45, 7) is 3.10. The molecule has 1 N–H and O–H groups in total. The van der Waals surface area contributed by atoms with Crippen LogP contribution in [-0.4, -0.2) is 25.0 Å². The number of hydrogen-bond acceptors (Lipinski definition) is 2. The van der Waals surface area contributed by atoms with Crippen molar-refractivity contribution >= 4 is 34.8 Å². The van der Waals surface area contributed by atoms with E-state index in [2.05, 4.69) is 18.3 Å². The van der Waals surface area contributed by atoms with Crippen LogP contribution in [0, 0.1) is 0 Å². The summed E-state index contributed by atoms with van der Waals surface area (Å²) < 4.78 is 0. The van der Waals surface area contributed by atoms with Gasteiger partial charge in [-0.1, -0.05) is 47.5 Å². The fraction of sp³-hybridized carbons (Fsp3) is 0.316. The van der Waals surface area contributed by atoms with E-state index in [9.17, 15) is 4.79 Å². The van der Waals surface area contributed by atoms with Crippen molar-refractivity contribution in [1.82, 2.24) is 5.32 Å². The summed E-state index contributed by atoms with van der Waals surface area (Å²) >= 11 is 12.1. The normalized spacial score (nSPS) is 16.3. The number of anilines is 1. The molecule has 3 rings (SSSR count). The van der Waals surface area contributed by atoms with Crippen LogP contribution >= 0.6 is 23.2 Å². The zero-order chi connectivity index (χ0) is 17.1.